The van der Waals surface area contributed by atoms with Crippen molar-refractivity contribution in [2.45, 2.75) is 0 Å². The fourth-order valence-corrected chi connectivity index (χ4v) is 0.302. The number of nitrogens with one attached hydrogen (secondary N) is 1. The van der Waals surface area contributed by atoms with Crippen molar-refractivity contribution in [1.29, 1.82) is 5.26 Å². The molecule has 0 rings (SSSR count). The number of nitrogens with zero attached hydrogens (tertiary/aromatic N) is 2. The zero-order valence-corrected chi connectivity index (χ0v) is 4.72. The van der Waals surface area contributed by atoms with Crippen LogP contribution in [0.4, 0.5) is 0 Å². The Morgan fingerprint density at radius 1 is 1.75 bits per heavy atom. The normalized spacial score (nSPS) is 7.88. The predicted octanol–water partition coefficient (Wildman–Crippen LogP) is -0.200. The first-order chi connectivity index (χ1) is 3.91. The van der Waals surface area contributed by atoms with E-state index in [0.29, 0.717) is 13.1 Å². The van der Waals surface area contributed by atoms with Gasteiger partial charge in [0.2, 0.25) is 0 Å². The van der Waals surface area contributed by atoms with E-state index in [9.17, 15) is 0 Å². The molecule has 0 fully saturated rings. The molecule has 0 aromatic carbocycles. The van der Waals surface area contributed by atoms with Crippen molar-refractivity contribution in [3.63, 3.8) is 0 Å². The molecule has 0 spiro atoms. The number of rotatable bonds is 4. The molecule has 3 nitrogen and oxygen atoms in total. The molecule has 3 heteroatoms. The van der Waals surface area contributed by atoms with Crippen LogP contribution in [0, 0.1) is 11.3 Å². The minimum atomic E-state index is 0.398. The molecular weight excluding hydrogens is 102 g/mol. The van der Waals surface area contributed by atoms with E-state index in [1.807, 2.05) is 6.07 Å². The Hall–Kier alpha value is -0.880. The molecule has 0 saturated carbocycles. The maximum absolute atomic E-state index is 8.01. The molecule has 0 unspecified atom stereocenters. The van der Waals surface area contributed by atoms with Crippen LogP contribution in [-0.4, -0.2) is 26.4 Å². The second-order valence-electron chi connectivity index (χ2n) is 1.28. The van der Waals surface area contributed by atoms with Crippen LogP contribution in [0.25, 0.3) is 0 Å². The van der Waals surface area contributed by atoms with Crippen LogP contribution >= 0.6 is 0 Å². The van der Waals surface area contributed by atoms with Crippen molar-refractivity contribution in [3.05, 3.63) is 0 Å². The van der Waals surface area contributed by atoms with Crippen LogP contribution in [0.1, 0.15) is 0 Å². The van der Waals surface area contributed by atoms with E-state index in [1.54, 1.807) is 0 Å². The number of nitriles is 1. The zero-order valence-electron chi connectivity index (χ0n) is 4.72. The number of hydrogen-bond acceptors (Lipinski definition) is 3. The highest BCUT2D eigenvalue weighted by atomic mass is 14.9. The quantitative estimate of drug-likeness (QED) is 0.310. The van der Waals surface area contributed by atoms with Gasteiger partial charge in [-0.2, -0.15) is 5.26 Å². The molecule has 8 heavy (non-hydrogen) atoms. The highest BCUT2D eigenvalue weighted by Crippen LogP contribution is 1.60. The summed E-state index contributed by atoms with van der Waals surface area (Å²) in [5.41, 5.74) is 0. The van der Waals surface area contributed by atoms with Crippen molar-refractivity contribution in [3.8, 4) is 6.07 Å². The monoisotopic (exact) mass is 111 g/mol. The molecule has 0 aromatic rings. The number of hydrogen-bond donors (Lipinski definition) is 1. The van der Waals surface area contributed by atoms with E-state index < -0.39 is 0 Å². The summed E-state index contributed by atoms with van der Waals surface area (Å²) in [4.78, 5) is 3.59. The summed E-state index contributed by atoms with van der Waals surface area (Å²) in [6.45, 7) is 5.11. The molecule has 0 heterocycles. The van der Waals surface area contributed by atoms with Crippen LogP contribution in [0.5, 0.6) is 0 Å². The van der Waals surface area contributed by atoms with E-state index in [1.165, 1.54) is 0 Å². The molecule has 0 aliphatic heterocycles. The first kappa shape index (κ1) is 7.12. The Kier molecular flexibility index (Phi) is 5.45. The minimum Gasteiger partial charge on any atom is -0.303 e. The lowest BCUT2D eigenvalue weighted by Crippen LogP contribution is -2.17. The van der Waals surface area contributed by atoms with E-state index >= 15 is 0 Å². The SMILES string of the molecule is C=NCCNCC#N. The molecule has 44 valence electrons. The molecule has 0 bridgehead atoms. The highest BCUT2D eigenvalue weighted by Gasteiger charge is 1.78. The van der Waals surface area contributed by atoms with Crippen LogP contribution in [0.15, 0.2) is 4.99 Å². The molecule has 0 aliphatic rings. The molecule has 0 aliphatic carbocycles. The minimum absolute atomic E-state index is 0.398. The van der Waals surface area contributed by atoms with Crippen LogP contribution < -0.4 is 5.32 Å². The topological polar surface area (TPSA) is 48.2 Å². The predicted molar refractivity (Wildman–Crippen MR) is 32.9 cm³/mol. The van der Waals surface area contributed by atoms with Gasteiger partial charge in [-0.3, -0.25) is 4.99 Å². The average Bonchev–Trinajstić information content (AvgIpc) is 1.81. The molecule has 0 amide bonds. The van der Waals surface area contributed by atoms with Gasteiger partial charge in [-0.1, -0.05) is 0 Å². The van der Waals surface area contributed by atoms with Gasteiger partial charge in [0.1, 0.15) is 0 Å². The largest absolute Gasteiger partial charge is 0.303 e. The van der Waals surface area contributed by atoms with Gasteiger partial charge in [-0.25, -0.2) is 0 Å². The summed E-state index contributed by atoms with van der Waals surface area (Å²) < 4.78 is 0. The van der Waals surface area contributed by atoms with Gasteiger partial charge in [-0.15, -0.1) is 0 Å². The summed E-state index contributed by atoms with van der Waals surface area (Å²) >= 11 is 0. The smallest absolute Gasteiger partial charge is 0.0841 e. The lowest BCUT2D eigenvalue weighted by Gasteiger charge is -1.91. The van der Waals surface area contributed by atoms with Crippen molar-refractivity contribution < 1.29 is 0 Å². The van der Waals surface area contributed by atoms with Gasteiger partial charge in [0.05, 0.1) is 19.2 Å². The van der Waals surface area contributed by atoms with Crippen LogP contribution in [-0.2, 0) is 0 Å². The lowest BCUT2D eigenvalue weighted by molar-refractivity contribution is 0.761. The van der Waals surface area contributed by atoms with E-state index in [2.05, 4.69) is 17.0 Å². The Bertz CT molecular complexity index is 92.3. The average molecular weight is 111 g/mol. The summed E-state index contributed by atoms with van der Waals surface area (Å²) in [5, 5.41) is 10.8. The fraction of sp³-hybridized carbons (Fsp3) is 0.600. The maximum Gasteiger partial charge on any atom is 0.0841 e. The Morgan fingerprint density at radius 2 is 2.50 bits per heavy atom. The summed E-state index contributed by atoms with van der Waals surface area (Å²) in [6.07, 6.45) is 0. The molecule has 0 atom stereocenters. The zero-order chi connectivity index (χ0) is 6.24. The first-order valence-electron chi connectivity index (χ1n) is 2.42. The van der Waals surface area contributed by atoms with Crippen molar-refractivity contribution in [1.82, 2.24) is 5.32 Å². The Balaban J connectivity index is 2.74. The van der Waals surface area contributed by atoms with E-state index in [4.69, 9.17) is 5.26 Å². The van der Waals surface area contributed by atoms with Crippen LogP contribution in [0.2, 0.25) is 0 Å². The number of aliphatic imine (C=N–C) groups is 1. The van der Waals surface area contributed by atoms with Gasteiger partial charge in [-0.05, 0) is 6.72 Å². The highest BCUT2D eigenvalue weighted by molar-refractivity contribution is 5.23. The van der Waals surface area contributed by atoms with Gasteiger partial charge in [0.25, 0.3) is 0 Å². The molecular formula is C5H9N3. The lowest BCUT2D eigenvalue weighted by atomic mass is 10.6. The van der Waals surface area contributed by atoms with Gasteiger partial charge in [0.15, 0.2) is 0 Å². The third kappa shape index (κ3) is 5.12. The van der Waals surface area contributed by atoms with Crippen molar-refractivity contribution in [2.75, 3.05) is 19.6 Å². The van der Waals surface area contributed by atoms with Gasteiger partial charge >= 0.3 is 0 Å². The Morgan fingerprint density at radius 3 is 3.00 bits per heavy atom. The van der Waals surface area contributed by atoms with Crippen molar-refractivity contribution in [2.24, 2.45) is 4.99 Å². The fourth-order valence-electron chi connectivity index (χ4n) is 0.302. The van der Waals surface area contributed by atoms with Crippen LogP contribution in [0.3, 0.4) is 0 Å². The standard InChI is InChI=1S/C5H9N3/c1-7-4-5-8-3-2-6/h8H,1,3-5H2. The second kappa shape index (κ2) is 6.12. The molecule has 0 aromatic heterocycles. The second-order valence-corrected chi connectivity index (χ2v) is 1.28. The molecule has 0 saturated heterocycles. The molecule has 0 radical (unpaired) electrons. The first-order valence-corrected chi connectivity index (χ1v) is 2.42. The van der Waals surface area contributed by atoms with Gasteiger partial charge in [0, 0.05) is 6.54 Å². The van der Waals surface area contributed by atoms with Gasteiger partial charge < -0.3 is 5.32 Å². The van der Waals surface area contributed by atoms with E-state index in [-0.39, 0.29) is 0 Å². The third-order valence-electron chi connectivity index (χ3n) is 0.651. The third-order valence-corrected chi connectivity index (χ3v) is 0.651. The molecule has 1 N–H and O–H groups in total. The summed E-state index contributed by atoms with van der Waals surface area (Å²) in [5.74, 6) is 0. The Labute approximate surface area is 49.0 Å². The summed E-state index contributed by atoms with van der Waals surface area (Å²) in [6, 6.07) is 1.95. The van der Waals surface area contributed by atoms with Crippen molar-refractivity contribution >= 4 is 6.72 Å². The summed E-state index contributed by atoms with van der Waals surface area (Å²) in [7, 11) is 0. The van der Waals surface area contributed by atoms with E-state index in [0.717, 1.165) is 6.54 Å². The maximum atomic E-state index is 8.01.